The standard InChI is InChI=1S/C15H21BrN4/c1-5-8-17-11(3)15-12(4)20(19-18-15)13-6-7-14(16)10(2)9-13/h6-7,9,11,17H,5,8H2,1-4H3. The number of hydrogen-bond donors (Lipinski definition) is 1. The van der Waals surface area contributed by atoms with Gasteiger partial charge in [0.25, 0.3) is 0 Å². The minimum atomic E-state index is 0.222. The Morgan fingerprint density at radius 2 is 2.10 bits per heavy atom. The normalized spacial score (nSPS) is 12.7. The van der Waals surface area contributed by atoms with E-state index in [-0.39, 0.29) is 6.04 Å². The topological polar surface area (TPSA) is 42.7 Å². The fraction of sp³-hybridized carbons (Fsp3) is 0.467. The van der Waals surface area contributed by atoms with Gasteiger partial charge in [-0.1, -0.05) is 28.1 Å². The van der Waals surface area contributed by atoms with Crippen molar-refractivity contribution in [2.75, 3.05) is 6.54 Å². The first kappa shape index (κ1) is 15.2. The monoisotopic (exact) mass is 336 g/mol. The first-order chi connectivity index (χ1) is 9.54. The molecule has 0 aliphatic heterocycles. The predicted octanol–water partition coefficient (Wildman–Crippen LogP) is 3.71. The smallest absolute Gasteiger partial charge is 0.103 e. The summed E-state index contributed by atoms with van der Waals surface area (Å²) < 4.78 is 3.01. The van der Waals surface area contributed by atoms with Gasteiger partial charge in [-0.25, -0.2) is 4.68 Å². The number of aromatic nitrogens is 3. The van der Waals surface area contributed by atoms with Crippen LogP contribution in [0.2, 0.25) is 0 Å². The van der Waals surface area contributed by atoms with Crippen LogP contribution in [0.4, 0.5) is 0 Å². The minimum Gasteiger partial charge on any atom is -0.309 e. The number of halogens is 1. The van der Waals surface area contributed by atoms with Crippen molar-refractivity contribution in [2.24, 2.45) is 0 Å². The fourth-order valence-corrected chi connectivity index (χ4v) is 2.45. The zero-order valence-corrected chi connectivity index (χ0v) is 14.0. The van der Waals surface area contributed by atoms with E-state index >= 15 is 0 Å². The molecule has 0 bridgehead atoms. The number of aryl methyl sites for hydroxylation is 1. The van der Waals surface area contributed by atoms with Gasteiger partial charge in [0.05, 0.1) is 17.4 Å². The summed E-state index contributed by atoms with van der Waals surface area (Å²) in [4.78, 5) is 0. The molecule has 0 saturated heterocycles. The molecule has 2 aromatic rings. The van der Waals surface area contributed by atoms with E-state index in [2.05, 4.69) is 65.3 Å². The molecule has 1 atom stereocenters. The summed E-state index contributed by atoms with van der Waals surface area (Å²) in [6, 6.07) is 6.43. The Kier molecular flexibility index (Phi) is 4.94. The third kappa shape index (κ3) is 3.10. The molecule has 4 nitrogen and oxygen atoms in total. The maximum Gasteiger partial charge on any atom is 0.103 e. The van der Waals surface area contributed by atoms with E-state index in [1.54, 1.807) is 0 Å². The molecule has 1 aromatic carbocycles. The lowest BCUT2D eigenvalue weighted by Crippen LogP contribution is -2.20. The third-order valence-corrected chi connectivity index (χ3v) is 4.32. The van der Waals surface area contributed by atoms with E-state index < -0.39 is 0 Å². The summed E-state index contributed by atoms with van der Waals surface area (Å²) >= 11 is 3.52. The van der Waals surface area contributed by atoms with Gasteiger partial charge in [-0.2, -0.15) is 0 Å². The van der Waals surface area contributed by atoms with Crippen molar-refractivity contribution in [3.05, 3.63) is 39.6 Å². The zero-order valence-electron chi connectivity index (χ0n) is 12.4. The third-order valence-electron chi connectivity index (χ3n) is 3.43. The van der Waals surface area contributed by atoms with Crippen LogP contribution in [0.5, 0.6) is 0 Å². The Balaban J connectivity index is 2.30. The largest absolute Gasteiger partial charge is 0.309 e. The van der Waals surface area contributed by atoms with Crippen LogP contribution in [0, 0.1) is 13.8 Å². The van der Waals surface area contributed by atoms with Gasteiger partial charge in [-0.05, 0) is 57.5 Å². The summed E-state index contributed by atoms with van der Waals surface area (Å²) in [5.74, 6) is 0. The van der Waals surface area contributed by atoms with E-state index in [1.165, 1.54) is 5.56 Å². The lowest BCUT2D eigenvalue weighted by molar-refractivity contribution is 0.555. The fourth-order valence-electron chi connectivity index (χ4n) is 2.20. The highest BCUT2D eigenvalue weighted by Crippen LogP contribution is 2.22. The number of hydrogen-bond acceptors (Lipinski definition) is 3. The van der Waals surface area contributed by atoms with Gasteiger partial charge in [-0.15, -0.1) is 5.10 Å². The van der Waals surface area contributed by atoms with Crippen LogP contribution in [0.15, 0.2) is 22.7 Å². The van der Waals surface area contributed by atoms with E-state index in [0.29, 0.717) is 0 Å². The molecule has 5 heteroatoms. The zero-order chi connectivity index (χ0) is 14.7. The van der Waals surface area contributed by atoms with Crippen molar-refractivity contribution < 1.29 is 0 Å². The average Bonchev–Trinajstić information content (AvgIpc) is 2.81. The Morgan fingerprint density at radius 3 is 2.75 bits per heavy atom. The number of benzene rings is 1. The predicted molar refractivity (Wildman–Crippen MR) is 85.2 cm³/mol. The molecule has 0 aliphatic carbocycles. The highest BCUT2D eigenvalue weighted by atomic mass is 79.9. The van der Waals surface area contributed by atoms with Crippen LogP contribution in [0.25, 0.3) is 5.69 Å². The van der Waals surface area contributed by atoms with Gasteiger partial charge < -0.3 is 5.32 Å². The second-order valence-corrected chi connectivity index (χ2v) is 5.94. The molecule has 1 heterocycles. The first-order valence-corrected chi connectivity index (χ1v) is 7.76. The molecule has 0 saturated carbocycles. The maximum atomic E-state index is 4.34. The van der Waals surface area contributed by atoms with Gasteiger partial charge in [-0.3, -0.25) is 0 Å². The summed E-state index contributed by atoms with van der Waals surface area (Å²) in [5.41, 5.74) is 4.34. The van der Waals surface area contributed by atoms with Crippen molar-refractivity contribution >= 4 is 15.9 Å². The summed E-state index contributed by atoms with van der Waals surface area (Å²) in [5, 5.41) is 12.1. The van der Waals surface area contributed by atoms with Gasteiger partial charge in [0.15, 0.2) is 0 Å². The Morgan fingerprint density at radius 1 is 1.35 bits per heavy atom. The average molecular weight is 337 g/mol. The van der Waals surface area contributed by atoms with E-state index in [4.69, 9.17) is 0 Å². The molecule has 0 radical (unpaired) electrons. The molecular formula is C15H21BrN4. The maximum absolute atomic E-state index is 4.34. The van der Waals surface area contributed by atoms with E-state index in [9.17, 15) is 0 Å². The van der Waals surface area contributed by atoms with Gasteiger partial charge in [0.2, 0.25) is 0 Å². The van der Waals surface area contributed by atoms with Crippen LogP contribution in [-0.4, -0.2) is 21.5 Å². The molecule has 0 fully saturated rings. The molecule has 0 amide bonds. The quantitative estimate of drug-likeness (QED) is 0.904. The number of nitrogens with one attached hydrogen (secondary N) is 1. The molecular weight excluding hydrogens is 316 g/mol. The summed E-state index contributed by atoms with van der Waals surface area (Å²) in [7, 11) is 0. The molecule has 1 unspecified atom stereocenters. The van der Waals surface area contributed by atoms with E-state index in [0.717, 1.165) is 34.5 Å². The summed E-state index contributed by atoms with van der Waals surface area (Å²) in [6.45, 7) is 9.42. The second-order valence-electron chi connectivity index (χ2n) is 5.08. The molecule has 1 N–H and O–H groups in total. The molecule has 0 spiro atoms. The molecule has 20 heavy (non-hydrogen) atoms. The SMILES string of the molecule is CCCNC(C)c1nnn(-c2ccc(Br)c(C)c2)c1C. The van der Waals surface area contributed by atoms with Gasteiger partial charge in [0.1, 0.15) is 5.69 Å². The van der Waals surface area contributed by atoms with Crippen molar-refractivity contribution in [3.8, 4) is 5.69 Å². The Labute approximate surface area is 128 Å². The molecule has 2 rings (SSSR count). The second kappa shape index (κ2) is 6.50. The van der Waals surface area contributed by atoms with Crippen molar-refractivity contribution in [1.29, 1.82) is 0 Å². The van der Waals surface area contributed by atoms with Crippen LogP contribution < -0.4 is 5.32 Å². The van der Waals surface area contributed by atoms with Gasteiger partial charge in [0, 0.05) is 4.47 Å². The highest BCUT2D eigenvalue weighted by molar-refractivity contribution is 9.10. The van der Waals surface area contributed by atoms with Crippen LogP contribution in [-0.2, 0) is 0 Å². The minimum absolute atomic E-state index is 0.222. The van der Waals surface area contributed by atoms with Crippen LogP contribution >= 0.6 is 15.9 Å². The summed E-state index contributed by atoms with van der Waals surface area (Å²) in [6.07, 6.45) is 1.11. The molecule has 1 aromatic heterocycles. The number of nitrogens with zero attached hydrogens (tertiary/aromatic N) is 3. The van der Waals surface area contributed by atoms with Crippen molar-refractivity contribution in [2.45, 2.75) is 40.2 Å². The Bertz CT molecular complexity index is 592. The first-order valence-electron chi connectivity index (χ1n) is 6.96. The van der Waals surface area contributed by atoms with E-state index in [1.807, 2.05) is 16.8 Å². The highest BCUT2D eigenvalue weighted by Gasteiger charge is 2.15. The van der Waals surface area contributed by atoms with Gasteiger partial charge >= 0.3 is 0 Å². The Hall–Kier alpha value is -1.20. The molecule has 0 aliphatic rings. The lowest BCUT2D eigenvalue weighted by Gasteiger charge is -2.11. The molecule has 108 valence electrons. The van der Waals surface area contributed by atoms with Crippen LogP contribution in [0.1, 0.15) is 43.3 Å². The van der Waals surface area contributed by atoms with Crippen LogP contribution in [0.3, 0.4) is 0 Å². The lowest BCUT2D eigenvalue weighted by atomic mass is 10.2. The number of rotatable bonds is 5. The van der Waals surface area contributed by atoms with Crippen molar-refractivity contribution in [3.63, 3.8) is 0 Å². The van der Waals surface area contributed by atoms with Crippen molar-refractivity contribution in [1.82, 2.24) is 20.3 Å².